The molecule has 0 bridgehead atoms. The van der Waals surface area contributed by atoms with Crippen LogP contribution in [0.3, 0.4) is 0 Å². The van der Waals surface area contributed by atoms with Crippen LogP contribution in [0, 0.1) is 0 Å². The Morgan fingerprint density at radius 2 is 2.25 bits per heavy atom. The van der Waals surface area contributed by atoms with Crippen LogP contribution in [0.15, 0.2) is 11.6 Å². The fraction of sp³-hybridized carbons (Fsp3) is 0.800. The van der Waals surface area contributed by atoms with Gasteiger partial charge in [-0.2, -0.15) is 0 Å². The maximum Gasteiger partial charge on any atom is 0.0758 e. The molecule has 0 spiro atoms. The number of β-amino-alcohol motifs (C(OH)–C–C–N with tert-alkyl or cyclic N) is 1. The van der Waals surface area contributed by atoms with E-state index in [-0.39, 0.29) is 0 Å². The number of hydrogen-bond donors (Lipinski definition) is 1. The van der Waals surface area contributed by atoms with Crippen LogP contribution in [0.25, 0.3) is 0 Å². The van der Waals surface area contributed by atoms with Crippen LogP contribution in [0.4, 0.5) is 0 Å². The minimum absolute atomic E-state index is 0.449. The molecule has 12 heavy (non-hydrogen) atoms. The van der Waals surface area contributed by atoms with Crippen LogP contribution < -0.4 is 0 Å². The van der Waals surface area contributed by atoms with Gasteiger partial charge in [0, 0.05) is 19.6 Å². The zero-order valence-corrected chi connectivity index (χ0v) is 8.30. The molecule has 0 aromatic carbocycles. The molecule has 1 N–H and O–H groups in total. The summed E-state index contributed by atoms with van der Waals surface area (Å²) in [6.07, 6.45) is 3.12. The van der Waals surface area contributed by atoms with Gasteiger partial charge in [0.05, 0.1) is 5.60 Å². The lowest BCUT2D eigenvalue weighted by Crippen LogP contribution is -2.29. The Morgan fingerprint density at radius 1 is 1.58 bits per heavy atom. The summed E-state index contributed by atoms with van der Waals surface area (Å²) in [4.78, 5) is 2.28. The van der Waals surface area contributed by atoms with E-state index in [1.165, 1.54) is 5.57 Å². The molecule has 70 valence electrons. The van der Waals surface area contributed by atoms with Gasteiger partial charge < -0.3 is 5.11 Å². The van der Waals surface area contributed by atoms with Crippen molar-refractivity contribution in [1.82, 2.24) is 4.90 Å². The zero-order chi connectivity index (χ0) is 9.19. The molecule has 1 fully saturated rings. The maximum absolute atomic E-state index is 9.67. The van der Waals surface area contributed by atoms with Gasteiger partial charge in [-0.15, -0.1) is 0 Å². The monoisotopic (exact) mass is 169 g/mol. The quantitative estimate of drug-likeness (QED) is 0.632. The molecule has 1 unspecified atom stereocenters. The zero-order valence-electron chi connectivity index (χ0n) is 8.30. The number of nitrogens with zero attached hydrogens (tertiary/aromatic N) is 1. The average Bonchev–Trinajstić information content (AvgIpc) is 2.26. The van der Waals surface area contributed by atoms with Crippen molar-refractivity contribution in [2.45, 2.75) is 32.8 Å². The highest BCUT2D eigenvalue weighted by molar-refractivity contribution is 4.97. The van der Waals surface area contributed by atoms with Gasteiger partial charge in [-0.1, -0.05) is 11.6 Å². The third kappa shape index (κ3) is 2.95. The van der Waals surface area contributed by atoms with Gasteiger partial charge in [-0.25, -0.2) is 0 Å². The fourth-order valence-electron chi connectivity index (χ4n) is 1.51. The Hall–Kier alpha value is -0.340. The van der Waals surface area contributed by atoms with E-state index in [1.54, 1.807) is 0 Å². The summed E-state index contributed by atoms with van der Waals surface area (Å²) in [5.41, 5.74) is 0.900. The van der Waals surface area contributed by atoms with Crippen molar-refractivity contribution in [3.05, 3.63) is 11.6 Å². The lowest BCUT2D eigenvalue weighted by molar-refractivity contribution is 0.0702. The molecule has 1 aliphatic rings. The molecular weight excluding hydrogens is 150 g/mol. The van der Waals surface area contributed by atoms with Crippen LogP contribution in [0.5, 0.6) is 0 Å². The highest BCUT2D eigenvalue weighted by atomic mass is 16.3. The van der Waals surface area contributed by atoms with E-state index in [2.05, 4.69) is 24.8 Å². The lowest BCUT2D eigenvalue weighted by atomic mass is 10.1. The average molecular weight is 169 g/mol. The van der Waals surface area contributed by atoms with E-state index in [4.69, 9.17) is 0 Å². The molecule has 0 radical (unpaired) electrons. The molecule has 2 nitrogen and oxygen atoms in total. The Kier molecular flexibility index (Phi) is 2.91. The van der Waals surface area contributed by atoms with E-state index >= 15 is 0 Å². The number of likely N-dealkylation sites (tertiary alicyclic amines) is 1. The Labute approximate surface area is 74.9 Å². The van der Waals surface area contributed by atoms with Crippen molar-refractivity contribution in [2.75, 3.05) is 19.6 Å². The van der Waals surface area contributed by atoms with Gasteiger partial charge >= 0.3 is 0 Å². The van der Waals surface area contributed by atoms with Crippen LogP contribution in [0.1, 0.15) is 27.2 Å². The molecule has 0 amide bonds. The van der Waals surface area contributed by atoms with Crippen LogP contribution in [-0.2, 0) is 0 Å². The van der Waals surface area contributed by atoms with Gasteiger partial charge in [0.25, 0.3) is 0 Å². The van der Waals surface area contributed by atoms with Crippen molar-refractivity contribution in [1.29, 1.82) is 0 Å². The molecule has 1 rings (SSSR count). The first-order chi connectivity index (χ1) is 5.49. The summed E-state index contributed by atoms with van der Waals surface area (Å²) in [5.74, 6) is 0. The summed E-state index contributed by atoms with van der Waals surface area (Å²) in [6.45, 7) is 8.95. The van der Waals surface area contributed by atoms with Crippen molar-refractivity contribution in [3.8, 4) is 0 Å². The van der Waals surface area contributed by atoms with E-state index in [9.17, 15) is 5.11 Å². The van der Waals surface area contributed by atoms with E-state index in [0.717, 1.165) is 26.1 Å². The first kappa shape index (κ1) is 9.75. The summed E-state index contributed by atoms with van der Waals surface area (Å²) in [5, 5.41) is 9.67. The van der Waals surface area contributed by atoms with Gasteiger partial charge in [-0.3, -0.25) is 4.90 Å². The Bertz CT molecular complexity index is 180. The molecule has 0 saturated carbocycles. The molecule has 1 atom stereocenters. The summed E-state index contributed by atoms with van der Waals surface area (Å²) in [6, 6.07) is 0. The van der Waals surface area contributed by atoms with E-state index < -0.39 is 5.60 Å². The van der Waals surface area contributed by atoms with E-state index in [0.29, 0.717) is 0 Å². The second-order valence-corrected chi connectivity index (χ2v) is 4.26. The van der Waals surface area contributed by atoms with Crippen molar-refractivity contribution >= 4 is 0 Å². The summed E-state index contributed by atoms with van der Waals surface area (Å²) < 4.78 is 0. The number of aliphatic hydroxyl groups is 1. The SMILES string of the molecule is CC(C)=CCN1CCC(C)(O)C1. The first-order valence-electron chi connectivity index (χ1n) is 4.58. The number of rotatable bonds is 2. The third-order valence-corrected chi connectivity index (χ3v) is 2.29. The van der Waals surface area contributed by atoms with Crippen molar-refractivity contribution < 1.29 is 5.11 Å². The standard InChI is InChI=1S/C10H19NO/c1-9(2)4-6-11-7-5-10(3,12)8-11/h4,12H,5-8H2,1-3H3. The molecule has 0 aromatic heterocycles. The molecule has 1 saturated heterocycles. The van der Waals surface area contributed by atoms with E-state index in [1.807, 2.05) is 6.92 Å². The van der Waals surface area contributed by atoms with Crippen molar-refractivity contribution in [2.24, 2.45) is 0 Å². The predicted octanol–water partition coefficient (Wildman–Crippen LogP) is 1.41. The second kappa shape index (κ2) is 3.58. The van der Waals surface area contributed by atoms with Crippen molar-refractivity contribution in [3.63, 3.8) is 0 Å². The molecule has 1 aliphatic heterocycles. The lowest BCUT2D eigenvalue weighted by Gasteiger charge is -2.17. The highest BCUT2D eigenvalue weighted by Gasteiger charge is 2.30. The highest BCUT2D eigenvalue weighted by Crippen LogP contribution is 2.19. The molecule has 0 aliphatic carbocycles. The van der Waals surface area contributed by atoms with Gasteiger partial charge in [0.15, 0.2) is 0 Å². The fourth-order valence-corrected chi connectivity index (χ4v) is 1.51. The summed E-state index contributed by atoms with van der Waals surface area (Å²) in [7, 11) is 0. The molecular formula is C10H19NO. The van der Waals surface area contributed by atoms with Gasteiger partial charge in [0.2, 0.25) is 0 Å². The Morgan fingerprint density at radius 3 is 2.67 bits per heavy atom. The normalized spacial score (nSPS) is 30.7. The van der Waals surface area contributed by atoms with Crippen LogP contribution >= 0.6 is 0 Å². The Balaban J connectivity index is 2.34. The minimum Gasteiger partial charge on any atom is -0.389 e. The number of allylic oxidation sites excluding steroid dienone is 1. The third-order valence-electron chi connectivity index (χ3n) is 2.29. The predicted molar refractivity (Wildman–Crippen MR) is 51.1 cm³/mol. The van der Waals surface area contributed by atoms with Gasteiger partial charge in [0.1, 0.15) is 0 Å². The van der Waals surface area contributed by atoms with Gasteiger partial charge in [-0.05, 0) is 27.2 Å². The smallest absolute Gasteiger partial charge is 0.0758 e. The van der Waals surface area contributed by atoms with Crippen LogP contribution in [0.2, 0.25) is 0 Å². The maximum atomic E-state index is 9.67. The first-order valence-corrected chi connectivity index (χ1v) is 4.58. The topological polar surface area (TPSA) is 23.5 Å². The largest absolute Gasteiger partial charge is 0.389 e. The molecule has 1 heterocycles. The van der Waals surface area contributed by atoms with Crippen LogP contribution in [-0.4, -0.2) is 35.2 Å². The summed E-state index contributed by atoms with van der Waals surface area (Å²) >= 11 is 0. The molecule has 2 heteroatoms. The second-order valence-electron chi connectivity index (χ2n) is 4.26. The minimum atomic E-state index is -0.449. The molecule has 0 aromatic rings. The number of hydrogen-bond acceptors (Lipinski definition) is 2.